The molecule has 3 saturated carbocycles. The van der Waals surface area contributed by atoms with Crippen molar-refractivity contribution in [3.8, 4) is 11.1 Å². The van der Waals surface area contributed by atoms with Crippen molar-refractivity contribution in [1.82, 2.24) is 14.9 Å². The maximum Gasteiger partial charge on any atom is 0.226 e. The zero-order chi connectivity index (χ0) is 21.8. The lowest BCUT2D eigenvalue weighted by Crippen LogP contribution is -2.57. The molecule has 2 aromatic heterocycles. The lowest BCUT2D eigenvalue weighted by Gasteiger charge is -2.43. The second-order valence-corrected chi connectivity index (χ2v) is 9.94. The van der Waals surface area contributed by atoms with E-state index in [9.17, 15) is 4.79 Å². The Balaban J connectivity index is 1.32. The van der Waals surface area contributed by atoms with Crippen LogP contribution in [0, 0.1) is 11.8 Å². The molecule has 1 aliphatic heterocycles. The molecule has 1 amide bonds. The summed E-state index contributed by atoms with van der Waals surface area (Å²) in [6.45, 7) is 6.28. The third kappa shape index (κ3) is 3.65. The minimum atomic E-state index is 0.285. The van der Waals surface area contributed by atoms with Gasteiger partial charge < -0.3 is 15.5 Å². The van der Waals surface area contributed by atoms with Crippen LogP contribution in [-0.2, 0) is 4.79 Å². The summed E-state index contributed by atoms with van der Waals surface area (Å²) in [5.74, 6) is 2.71. The molecule has 3 heterocycles. The fourth-order valence-electron chi connectivity index (χ4n) is 5.14. The first kappa shape index (κ1) is 19.8. The Bertz CT molecular complexity index is 1070. The van der Waals surface area contributed by atoms with Crippen molar-refractivity contribution in [3.63, 3.8) is 0 Å². The van der Waals surface area contributed by atoms with Crippen LogP contribution < -0.4 is 10.6 Å². The van der Waals surface area contributed by atoms with Crippen molar-refractivity contribution in [3.05, 3.63) is 42.4 Å². The topological polar surface area (TPSA) is 75.3 Å². The van der Waals surface area contributed by atoms with E-state index in [4.69, 9.17) is 10.7 Å². The van der Waals surface area contributed by atoms with Crippen LogP contribution in [0.25, 0.3) is 17.2 Å². The highest BCUT2D eigenvalue weighted by molar-refractivity contribution is 5.82. The van der Waals surface area contributed by atoms with E-state index in [-0.39, 0.29) is 5.92 Å². The van der Waals surface area contributed by atoms with E-state index in [0.29, 0.717) is 23.8 Å². The number of hydrogen-bond donors (Lipinski definition) is 1. The lowest BCUT2D eigenvalue weighted by molar-refractivity contribution is -0.135. The molecule has 6 heteroatoms. The third-order valence-corrected chi connectivity index (χ3v) is 7.42. The van der Waals surface area contributed by atoms with Gasteiger partial charge in [0.2, 0.25) is 5.91 Å². The number of amides is 1. The fraction of sp³-hybridized carbons (Fsp3) is 0.500. The van der Waals surface area contributed by atoms with Crippen molar-refractivity contribution in [2.75, 3.05) is 30.3 Å². The number of nitrogens with zero attached hydrogens (tertiary/aromatic N) is 4. The molecule has 32 heavy (non-hydrogen) atoms. The van der Waals surface area contributed by atoms with Gasteiger partial charge in [-0.15, -0.1) is 0 Å². The van der Waals surface area contributed by atoms with E-state index in [1.165, 1.54) is 25.7 Å². The van der Waals surface area contributed by atoms with Crippen LogP contribution in [-0.4, -0.2) is 46.5 Å². The highest BCUT2D eigenvalue weighted by atomic mass is 16.2. The van der Waals surface area contributed by atoms with Gasteiger partial charge >= 0.3 is 0 Å². The first-order chi connectivity index (χ1) is 15.6. The van der Waals surface area contributed by atoms with Gasteiger partial charge in [-0.1, -0.05) is 6.58 Å². The number of pyridine rings is 2. The van der Waals surface area contributed by atoms with Gasteiger partial charge in [0.1, 0.15) is 0 Å². The van der Waals surface area contributed by atoms with E-state index in [1.807, 2.05) is 12.3 Å². The van der Waals surface area contributed by atoms with Crippen molar-refractivity contribution in [2.24, 2.45) is 11.8 Å². The molecule has 0 bridgehead atoms. The summed E-state index contributed by atoms with van der Waals surface area (Å²) in [4.78, 5) is 26.9. The van der Waals surface area contributed by atoms with Crippen molar-refractivity contribution < 1.29 is 4.79 Å². The molecule has 6 nitrogen and oxygen atoms in total. The molecule has 4 aliphatic rings. The summed E-state index contributed by atoms with van der Waals surface area (Å²) in [5, 5.41) is 0. The van der Waals surface area contributed by atoms with E-state index in [0.717, 1.165) is 66.5 Å². The zero-order valence-corrected chi connectivity index (χ0v) is 18.5. The third-order valence-electron chi connectivity index (χ3n) is 7.42. The van der Waals surface area contributed by atoms with Crippen LogP contribution in [0.15, 0.2) is 31.0 Å². The second kappa shape index (κ2) is 7.61. The second-order valence-electron chi connectivity index (χ2n) is 9.94. The molecule has 0 unspecified atom stereocenters. The summed E-state index contributed by atoms with van der Waals surface area (Å²) in [6, 6.07) is 6.49. The zero-order valence-electron chi connectivity index (χ0n) is 18.5. The number of piperazine rings is 1. The number of carbonyl (C=O) groups is 1. The molecule has 1 atom stereocenters. The molecule has 2 aromatic rings. The summed E-state index contributed by atoms with van der Waals surface area (Å²) in [6.07, 6.45) is 10.6. The monoisotopic (exact) mass is 429 g/mol. The summed E-state index contributed by atoms with van der Waals surface area (Å²) < 4.78 is 0. The van der Waals surface area contributed by atoms with E-state index < -0.39 is 0 Å². The molecule has 0 spiro atoms. The molecule has 6 rings (SSSR count). The summed E-state index contributed by atoms with van der Waals surface area (Å²) >= 11 is 0. The normalized spacial score (nSPS) is 23.3. The average molecular weight is 430 g/mol. The minimum absolute atomic E-state index is 0.285. The highest BCUT2D eigenvalue weighted by Gasteiger charge is 2.45. The first-order valence-electron chi connectivity index (χ1n) is 12.1. The van der Waals surface area contributed by atoms with Gasteiger partial charge in [0.05, 0.1) is 23.1 Å². The number of rotatable bonds is 6. The minimum Gasteiger partial charge on any atom is -0.396 e. The maximum absolute atomic E-state index is 12.9. The number of nitrogens with two attached hydrogens (primary N) is 1. The van der Waals surface area contributed by atoms with Gasteiger partial charge in [0, 0.05) is 43.2 Å². The molecule has 4 fully saturated rings. The number of nitrogen functional groups attached to an aromatic ring is 1. The molecular formula is C26H31N5O. The molecule has 0 aromatic carbocycles. The maximum atomic E-state index is 12.9. The van der Waals surface area contributed by atoms with Crippen LogP contribution in [0.5, 0.6) is 0 Å². The molecule has 3 aliphatic carbocycles. The van der Waals surface area contributed by atoms with E-state index >= 15 is 0 Å². The van der Waals surface area contributed by atoms with Gasteiger partial charge in [0.15, 0.2) is 5.82 Å². The Kier molecular flexibility index (Phi) is 4.70. The Morgan fingerprint density at radius 3 is 2.62 bits per heavy atom. The Hall–Kier alpha value is -2.89. The van der Waals surface area contributed by atoms with Crippen LogP contribution in [0.4, 0.5) is 11.5 Å². The number of aromatic nitrogens is 2. The first-order valence-corrected chi connectivity index (χ1v) is 12.1. The van der Waals surface area contributed by atoms with Gasteiger partial charge in [-0.3, -0.25) is 9.78 Å². The molecule has 1 saturated heterocycles. The van der Waals surface area contributed by atoms with Gasteiger partial charge in [0.25, 0.3) is 0 Å². The number of carbonyl (C=O) groups excluding carboxylic acids is 1. The number of hydrogen-bond acceptors (Lipinski definition) is 5. The Labute approximate surface area is 189 Å². The predicted molar refractivity (Wildman–Crippen MR) is 127 cm³/mol. The van der Waals surface area contributed by atoms with Crippen LogP contribution in [0.1, 0.15) is 55.8 Å². The van der Waals surface area contributed by atoms with Crippen molar-refractivity contribution in [2.45, 2.75) is 50.5 Å². The average Bonchev–Trinajstić information content (AvgIpc) is 3.66. The van der Waals surface area contributed by atoms with E-state index in [2.05, 4.69) is 33.5 Å². The largest absolute Gasteiger partial charge is 0.396 e. The molecule has 2 N–H and O–H groups in total. The van der Waals surface area contributed by atoms with Crippen LogP contribution in [0.3, 0.4) is 0 Å². The summed E-state index contributed by atoms with van der Waals surface area (Å²) in [7, 11) is 0. The Morgan fingerprint density at radius 1 is 1.12 bits per heavy atom. The molecule has 0 radical (unpaired) electrons. The number of anilines is 2. The SMILES string of the molecule is C=Cc1cc(-c2cc(N)c(N3CCN(C(=O)C4CC4)[C@H](C4CC4)C3)nc2C2CC2)ccn1. The smallest absolute Gasteiger partial charge is 0.226 e. The van der Waals surface area contributed by atoms with Gasteiger partial charge in [-0.2, -0.15) is 0 Å². The standard InChI is InChI=1S/C26H31N5O/c1-2-20-13-19(9-10-28-20)21-14-22(27)25(29-24(21)17-5-6-17)30-11-12-31(26(32)18-7-8-18)23(15-30)16-3-4-16/h2,9-10,13-14,16-18,23H,1,3-8,11-12,15,27H2/t23-/m0/s1. The molecule has 166 valence electrons. The van der Waals surface area contributed by atoms with E-state index in [1.54, 1.807) is 6.08 Å². The lowest BCUT2D eigenvalue weighted by atomic mass is 10.00. The quantitative estimate of drug-likeness (QED) is 0.749. The van der Waals surface area contributed by atoms with Crippen molar-refractivity contribution in [1.29, 1.82) is 0 Å². The van der Waals surface area contributed by atoms with Crippen LogP contribution in [0.2, 0.25) is 0 Å². The Morgan fingerprint density at radius 2 is 1.94 bits per heavy atom. The highest BCUT2D eigenvalue weighted by Crippen LogP contribution is 2.46. The van der Waals surface area contributed by atoms with Gasteiger partial charge in [-0.05, 0) is 74.3 Å². The van der Waals surface area contributed by atoms with Crippen molar-refractivity contribution >= 4 is 23.5 Å². The predicted octanol–water partition coefficient (Wildman–Crippen LogP) is 4.08. The van der Waals surface area contributed by atoms with Crippen LogP contribution >= 0.6 is 0 Å². The summed E-state index contributed by atoms with van der Waals surface area (Å²) in [5.41, 5.74) is 11.6. The fourth-order valence-corrected chi connectivity index (χ4v) is 5.14. The molecular weight excluding hydrogens is 398 g/mol. The van der Waals surface area contributed by atoms with Gasteiger partial charge in [-0.25, -0.2) is 4.98 Å².